The number of hydrogen-bond acceptors (Lipinski definition) is 4. The number of piperazine rings is 1. The van der Waals surface area contributed by atoms with E-state index in [1.807, 2.05) is 0 Å². The molecule has 2 unspecified atom stereocenters. The first kappa shape index (κ1) is 15.3. The van der Waals surface area contributed by atoms with Crippen LogP contribution in [0.4, 0.5) is 0 Å². The van der Waals surface area contributed by atoms with E-state index in [-0.39, 0.29) is 5.54 Å². The lowest BCUT2D eigenvalue weighted by atomic mass is 9.89. The van der Waals surface area contributed by atoms with Crippen LogP contribution in [0, 0.1) is 5.92 Å². The van der Waals surface area contributed by atoms with Gasteiger partial charge < -0.3 is 5.32 Å². The maximum Gasteiger partial charge on any atom is 0.147 e. The molecular formula is C14H28N2O2S. The zero-order valence-corrected chi connectivity index (χ0v) is 13.3. The fourth-order valence-electron chi connectivity index (χ4n) is 3.25. The fraction of sp³-hybridized carbons (Fsp3) is 1.00. The molecule has 1 N–H and O–H groups in total. The molecule has 2 fully saturated rings. The highest BCUT2D eigenvalue weighted by Crippen LogP contribution is 2.44. The predicted octanol–water partition coefficient (Wildman–Crippen LogP) is 1.27. The summed E-state index contributed by atoms with van der Waals surface area (Å²) in [5.41, 5.74) is 0.239. The maximum absolute atomic E-state index is 11.3. The molecule has 0 aromatic carbocycles. The van der Waals surface area contributed by atoms with Crippen molar-refractivity contribution < 1.29 is 8.42 Å². The molecule has 4 nitrogen and oxygen atoms in total. The van der Waals surface area contributed by atoms with Gasteiger partial charge in [-0.05, 0) is 45.1 Å². The van der Waals surface area contributed by atoms with E-state index < -0.39 is 9.84 Å². The van der Waals surface area contributed by atoms with Crippen LogP contribution in [0.25, 0.3) is 0 Å². The topological polar surface area (TPSA) is 49.4 Å². The van der Waals surface area contributed by atoms with Crippen LogP contribution in [-0.2, 0) is 9.84 Å². The Morgan fingerprint density at radius 1 is 1.37 bits per heavy atom. The van der Waals surface area contributed by atoms with E-state index in [1.165, 1.54) is 19.1 Å². The lowest BCUT2D eigenvalue weighted by Gasteiger charge is -2.48. The summed E-state index contributed by atoms with van der Waals surface area (Å²) in [5, 5.41) is 3.66. The molecule has 1 aliphatic carbocycles. The Morgan fingerprint density at radius 2 is 2.05 bits per heavy atom. The van der Waals surface area contributed by atoms with Crippen LogP contribution in [-0.4, -0.2) is 56.5 Å². The van der Waals surface area contributed by atoms with Crippen molar-refractivity contribution in [2.75, 3.05) is 31.6 Å². The standard InChI is InChI=1S/C14H28N2O2S/c1-4-13-10-16(8-5-9-19(3,17)18)14(2,11-15-13)12-6-7-12/h12-13,15H,4-11H2,1-3H3. The molecular weight excluding hydrogens is 260 g/mol. The van der Waals surface area contributed by atoms with Crippen molar-refractivity contribution in [3.63, 3.8) is 0 Å². The smallest absolute Gasteiger partial charge is 0.147 e. The Labute approximate surface area is 117 Å². The second kappa shape index (κ2) is 5.70. The van der Waals surface area contributed by atoms with Gasteiger partial charge in [-0.15, -0.1) is 0 Å². The van der Waals surface area contributed by atoms with Gasteiger partial charge in [0.25, 0.3) is 0 Å². The summed E-state index contributed by atoms with van der Waals surface area (Å²) >= 11 is 0. The molecule has 112 valence electrons. The van der Waals surface area contributed by atoms with Crippen LogP contribution < -0.4 is 5.32 Å². The van der Waals surface area contributed by atoms with Gasteiger partial charge in [-0.1, -0.05) is 6.92 Å². The Bertz CT molecular complexity index is 406. The van der Waals surface area contributed by atoms with E-state index in [9.17, 15) is 8.42 Å². The van der Waals surface area contributed by atoms with Gasteiger partial charge in [0.2, 0.25) is 0 Å². The molecule has 5 heteroatoms. The minimum absolute atomic E-state index is 0.239. The number of sulfone groups is 1. The highest BCUT2D eigenvalue weighted by molar-refractivity contribution is 7.90. The minimum Gasteiger partial charge on any atom is -0.311 e. The summed E-state index contributed by atoms with van der Waals surface area (Å²) in [6, 6.07) is 0.560. The molecule has 1 heterocycles. The van der Waals surface area contributed by atoms with Crippen molar-refractivity contribution >= 4 is 9.84 Å². The molecule has 1 aliphatic heterocycles. The summed E-state index contributed by atoms with van der Waals surface area (Å²) in [6.07, 6.45) is 5.90. The molecule has 0 spiro atoms. The monoisotopic (exact) mass is 288 g/mol. The summed E-state index contributed by atoms with van der Waals surface area (Å²) in [4.78, 5) is 2.56. The molecule has 1 saturated carbocycles. The van der Waals surface area contributed by atoms with Gasteiger partial charge in [-0.25, -0.2) is 8.42 Å². The van der Waals surface area contributed by atoms with Crippen molar-refractivity contribution in [3.05, 3.63) is 0 Å². The summed E-state index contributed by atoms with van der Waals surface area (Å²) < 4.78 is 22.5. The Kier molecular flexibility index (Phi) is 4.58. The average molecular weight is 288 g/mol. The molecule has 0 bridgehead atoms. The van der Waals surface area contributed by atoms with Crippen molar-refractivity contribution in [1.29, 1.82) is 0 Å². The number of hydrogen-bond donors (Lipinski definition) is 1. The van der Waals surface area contributed by atoms with Crippen molar-refractivity contribution in [2.45, 2.75) is 51.1 Å². The quantitative estimate of drug-likeness (QED) is 0.800. The molecule has 2 rings (SSSR count). The second-order valence-electron chi connectivity index (χ2n) is 6.55. The van der Waals surface area contributed by atoms with Crippen molar-refractivity contribution in [1.82, 2.24) is 10.2 Å². The van der Waals surface area contributed by atoms with Gasteiger partial charge in [0.1, 0.15) is 9.84 Å². The first-order valence-corrected chi connectivity index (χ1v) is 9.57. The molecule has 19 heavy (non-hydrogen) atoms. The Hall–Kier alpha value is -0.130. The lowest BCUT2D eigenvalue weighted by molar-refractivity contribution is 0.0345. The van der Waals surface area contributed by atoms with E-state index in [1.54, 1.807) is 0 Å². The van der Waals surface area contributed by atoms with Crippen LogP contribution in [0.3, 0.4) is 0 Å². The van der Waals surface area contributed by atoms with E-state index in [2.05, 4.69) is 24.1 Å². The highest BCUT2D eigenvalue weighted by atomic mass is 32.2. The molecule has 0 aromatic rings. The first-order chi connectivity index (χ1) is 8.85. The van der Waals surface area contributed by atoms with Crippen LogP contribution >= 0.6 is 0 Å². The lowest BCUT2D eigenvalue weighted by Crippen LogP contribution is -2.64. The predicted molar refractivity (Wildman–Crippen MR) is 79.1 cm³/mol. The van der Waals surface area contributed by atoms with Crippen LogP contribution in [0.1, 0.15) is 39.5 Å². The van der Waals surface area contributed by atoms with Gasteiger partial charge in [0.15, 0.2) is 0 Å². The second-order valence-corrected chi connectivity index (χ2v) is 8.81. The molecule has 0 aromatic heterocycles. The number of nitrogens with zero attached hydrogens (tertiary/aromatic N) is 1. The van der Waals surface area contributed by atoms with Crippen molar-refractivity contribution in [3.8, 4) is 0 Å². The molecule has 0 radical (unpaired) electrons. The van der Waals surface area contributed by atoms with Gasteiger partial charge in [-0.3, -0.25) is 4.90 Å². The normalized spacial score (nSPS) is 33.5. The third-order valence-corrected chi connectivity index (χ3v) is 5.83. The number of nitrogens with one attached hydrogen (secondary N) is 1. The minimum atomic E-state index is -2.83. The van der Waals surface area contributed by atoms with Crippen LogP contribution in [0.5, 0.6) is 0 Å². The van der Waals surface area contributed by atoms with Gasteiger partial charge >= 0.3 is 0 Å². The Balaban J connectivity index is 1.95. The Morgan fingerprint density at radius 3 is 2.58 bits per heavy atom. The average Bonchev–Trinajstić information content (AvgIpc) is 3.14. The molecule has 2 atom stereocenters. The van der Waals surface area contributed by atoms with Gasteiger partial charge in [0.05, 0.1) is 5.75 Å². The van der Waals surface area contributed by atoms with E-state index in [0.717, 1.165) is 38.4 Å². The van der Waals surface area contributed by atoms with E-state index >= 15 is 0 Å². The van der Waals surface area contributed by atoms with Crippen molar-refractivity contribution in [2.24, 2.45) is 5.92 Å². The zero-order chi connectivity index (χ0) is 14.1. The largest absolute Gasteiger partial charge is 0.311 e. The maximum atomic E-state index is 11.3. The van der Waals surface area contributed by atoms with E-state index in [0.29, 0.717) is 11.8 Å². The third-order valence-electron chi connectivity index (χ3n) is 4.80. The highest BCUT2D eigenvalue weighted by Gasteiger charge is 2.47. The zero-order valence-electron chi connectivity index (χ0n) is 12.5. The SMILES string of the molecule is CCC1CN(CCCS(C)(=O)=O)C(C)(C2CC2)CN1. The summed E-state index contributed by atoms with van der Waals surface area (Å²) in [7, 11) is -2.83. The van der Waals surface area contributed by atoms with E-state index in [4.69, 9.17) is 0 Å². The van der Waals surface area contributed by atoms with Gasteiger partial charge in [0, 0.05) is 30.9 Å². The summed E-state index contributed by atoms with van der Waals surface area (Å²) in [6.45, 7) is 7.59. The molecule has 2 aliphatic rings. The third kappa shape index (κ3) is 3.92. The number of rotatable bonds is 6. The fourth-order valence-corrected chi connectivity index (χ4v) is 3.90. The molecule has 1 saturated heterocycles. The summed E-state index contributed by atoms with van der Waals surface area (Å²) in [5.74, 6) is 1.12. The van der Waals surface area contributed by atoms with Crippen LogP contribution in [0.2, 0.25) is 0 Å². The first-order valence-electron chi connectivity index (χ1n) is 7.51. The molecule has 0 amide bonds. The van der Waals surface area contributed by atoms with Crippen LogP contribution in [0.15, 0.2) is 0 Å². The van der Waals surface area contributed by atoms with Gasteiger partial charge in [-0.2, -0.15) is 0 Å².